The molecule has 0 heterocycles. The summed E-state index contributed by atoms with van der Waals surface area (Å²) in [5, 5.41) is 8.75. The Morgan fingerprint density at radius 1 is 1.42 bits per heavy atom. The molecule has 0 spiro atoms. The summed E-state index contributed by atoms with van der Waals surface area (Å²) in [5.74, 6) is 0.724. The number of nitrogens with two attached hydrogens (primary N) is 1. The number of hydrogen-bond donors (Lipinski definition) is 1. The molecule has 4 heteroatoms. The summed E-state index contributed by atoms with van der Waals surface area (Å²) >= 11 is 0. The van der Waals surface area contributed by atoms with Crippen LogP contribution < -0.4 is 15.4 Å². The molecule has 0 amide bonds. The topological polar surface area (TPSA) is 62.3 Å². The third-order valence-electron chi connectivity index (χ3n) is 2.90. The summed E-state index contributed by atoms with van der Waals surface area (Å²) in [7, 11) is 0. The van der Waals surface area contributed by atoms with Crippen LogP contribution in [0.2, 0.25) is 0 Å². The molecule has 0 aliphatic carbocycles. The SMILES string of the molecule is CCCOc1cccc(N(CCC#N)C(C)C)c1N. The van der Waals surface area contributed by atoms with Crippen LogP contribution >= 0.6 is 0 Å². The third-order valence-corrected chi connectivity index (χ3v) is 2.90. The van der Waals surface area contributed by atoms with Gasteiger partial charge in [0.15, 0.2) is 0 Å². The van der Waals surface area contributed by atoms with E-state index in [4.69, 9.17) is 15.7 Å². The number of para-hydroxylation sites is 1. The van der Waals surface area contributed by atoms with Gasteiger partial charge < -0.3 is 15.4 Å². The molecule has 104 valence electrons. The van der Waals surface area contributed by atoms with Gasteiger partial charge in [-0.1, -0.05) is 13.0 Å². The van der Waals surface area contributed by atoms with Crippen molar-refractivity contribution < 1.29 is 4.74 Å². The predicted molar refractivity (Wildman–Crippen MR) is 79.4 cm³/mol. The molecule has 0 bridgehead atoms. The predicted octanol–water partition coefficient (Wildman–Crippen LogP) is 3.19. The fraction of sp³-hybridized carbons (Fsp3) is 0.533. The molecule has 1 rings (SSSR count). The number of nitrogen functional groups attached to an aromatic ring is 1. The Morgan fingerprint density at radius 2 is 2.16 bits per heavy atom. The van der Waals surface area contributed by atoms with Gasteiger partial charge in [-0.2, -0.15) is 5.26 Å². The smallest absolute Gasteiger partial charge is 0.144 e. The van der Waals surface area contributed by atoms with Crippen LogP contribution in [-0.4, -0.2) is 19.2 Å². The fourth-order valence-corrected chi connectivity index (χ4v) is 1.95. The van der Waals surface area contributed by atoms with Gasteiger partial charge in [-0.15, -0.1) is 0 Å². The van der Waals surface area contributed by atoms with Gasteiger partial charge in [-0.05, 0) is 32.4 Å². The zero-order valence-electron chi connectivity index (χ0n) is 12.0. The molecule has 0 saturated heterocycles. The largest absolute Gasteiger partial charge is 0.491 e. The molecule has 0 aromatic heterocycles. The van der Waals surface area contributed by atoms with Gasteiger partial charge in [0.2, 0.25) is 0 Å². The first-order valence-electron chi connectivity index (χ1n) is 6.76. The maximum absolute atomic E-state index is 8.75. The van der Waals surface area contributed by atoms with Crippen molar-refractivity contribution in [2.45, 2.75) is 39.7 Å². The van der Waals surface area contributed by atoms with Crippen molar-refractivity contribution in [1.82, 2.24) is 0 Å². The molecule has 1 aromatic carbocycles. The van der Waals surface area contributed by atoms with Gasteiger partial charge in [0, 0.05) is 12.6 Å². The van der Waals surface area contributed by atoms with Crippen molar-refractivity contribution in [3.63, 3.8) is 0 Å². The standard InChI is InChI=1S/C15H23N3O/c1-4-11-19-14-8-5-7-13(15(14)17)18(12(2)3)10-6-9-16/h5,7-8,12H,4,6,10-11,17H2,1-3H3. The summed E-state index contributed by atoms with van der Waals surface area (Å²) in [6.07, 6.45) is 1.43. The van der Waals surface area contributed by atoms with Crippen LogP contribution in [0.25, 0.3) is 0 Å². The first-order valence-corrected chi connectivity index (χ1v) is 6.76. The lowest BCUT2D eigenvalue weighted by atomic mass is 10.2. The van der Waals surface area contributed by atoms with Gasteiger partial charge >= 0.3 is 0 Å². The average molecular weight is 261 g/mol. The number of ether oxygens (including phenoxy) is 1. The highest BCUT2D eigenvalue weighted by Gasteiger charge is 2.15. The number of nitriles is 1. The van der Waals surface area contributed by atoms with Crippen molar-refractivity contribution in [2.24, 2.45) is 0 Å². The van der Waals surface area contributed by atoms with Gasteiger partial charge in [-0.25, -0.2) is 0 Å². The number of nitrogens with zero attached hydrogens (tertiary/aromatic N) is 2. The zero-order valence-corrected chi connectivity index (χ0v) is 12.0. The third kappa shape index (κ3) is 4.06. The first-order chi connectivity index (χ1) is 9.11. The Bertz CT molecular complexity index is 438. The number of benzene rings is 1. The molecule has 4 nitrogen and oxygen atoms in total. The van der Waals surface area contributed by atoms with Crippen LogP contribution in [0.4, 0.5) is 11.4 Å². The molecule has 1 aromatic rings. The first kappa shape index (κ1) is 15.2. The lowest BCUT2D eigenvalue weighted by Crippen LogP contribution is -2.32. The molecule has 2 N–H and O–H groups in total. The highest BCUT2D eigenvalue weighted by molar-refractivity contribution is 5.74. The van der Waals surface area contributed by atoms with Crippen LogP contribution in [0.5, 0.6) is 5.75 Å². The average Bonchev–Trinajstić information content (AvgIpc) is 2.39. The van der Waals surface area contributed by atoms with E-state index in [1.165, 1.54) is 0 Å². The zero-order chi connectivity index (χ0) is 14.3. The van der Waals surface area contributed by atoms with E-state index in [0.717, 1.165) is 17.9 Å². The summed E-state index contributed by atoms with van der Waals surface area (Å²) in [6, 6.07) is 8.27. The fourth-order valence-electron chi connectivity index (χ4n) is 1.95. The summed E-state index contributed by atoms with van der Waals surface area (Å²) in [4.78, 5) is 2.14. The second kappa shape index (κ2) is 7.52. The Kier molecular flexibility index (Phi) is 6.01. The minimum absolute atomic E-state index is 0.289. The van der Waals surface area contributed by atoms with Crippen molar-refractivity contribution in [3.05, 3.63) is 18.2 Å². The maximum atomic E-state index is 8.75. The van der Waals surface area contributed by atoms with Crippen molar-refractivity contribution in [1.29, 1.82) is 5.26 Å². The molecular formula is C15H23N3O. The van der Waals surface area contributed by atoms with Crippen LogP contribution in [0.15, 0.2) is 18.2 Å². The highest BCUT2D eigenvalue weighted by atomic mass is 16.5. The Hall–Kier alpha value is -1.89. The maximum Gasteiger partial charge on any atom is 0.144 e. The molecule has 0 atom stereocenters. The lowest BCUT2D eigenvalue weighted by molar-refractivity contribution is 0.319. The van der Waals surface area contributed by atoms with Crippen LogP contribution in [-0.2, 0) is 0 Å². The van der Waals surface area contributed by atoms with Gasteiger partial charge in [-0.3, -0.25) is 0 Å². The minimum Gasteiger partial charge on any atom is -0.491 e. The van der Waals surface area contributed by atoms with Crippen LogP contribution in [0.1, 0.15) is 33.6 Å². The monoisotopic (exact) mass is 261 g/mol. The Morgan fingerprint density at radius 3 is 2.74 bits per heavy atom. The van der Waals surface area contributed by atoms with E-state index in [1.54, 1.807) is 0 Å². The van der Waals surface area contributed by atoms with E-state index in [0.29, 0.717) is 25.3 Å². The second-order valence-electron chi connectivity index (χ2n) is 4.73. The van der Waals surface area contributed by atoms with E-state index in [9.17, 15) is 0 Å². The van der Waals surface area contributed by atoms with Crippen LogP contribution in [0, 0.1) is 11.3 Å². The van der Waals surface area contributed by atoms with Gasteiger partial charge in [0.25, 0.3) is 0 Å². The van der Waals surface area contributed by atoms with Crippen molar-refractivity contribution >= 4 is 11.4 Å². The summed E-state index contributed by atoms with van der Waals surface area (Å²) in [5.41, 5.74) is 7.78. The normalized spacial score (nSPS) is 10.3. The molecular weight excluding hydrogens is 238 g/mol. The number of rotatable bonds is 7. The highest BCUT2D eigenvalue weighted by Crippen LogP contribution is 2.33. The molecule has 0 saturated carbocycles. The van der Waals surface area contributed by atoms with E-state index in [2.05, 4.69) is 31.7 Å². The van der Waals surface area contributed by atoms with Crippen molar-refractivity contribution in [2.75, 3.05) is 23.8 Å². The molecule has 0 radical (unpaired) electrons. The summed E-state index contributed by atoms with van der Waals surface area (Å²) < 4.78 is 5.64. The van der Waals surface area contributed by atoms with E-state index in [1.807, 2.05) is 18.2 Å². The van der Waals surface area contributed by atoms with E-state index < -0.39 is 0 Å². The summed E-state index contributed by atoms with van der Waals surface area (Å²) in [6.45, 7) is 7.59. The molecule has 0 aliphatic rings. The Balaban J connectivity index is 2.99. The van der Waals surface area contributed by atoms with Crippen molar-refractivity contribution in [3.8, 4) is 11.8 Å². The minimum atomic E-state index is 0.289. The molecule has 0 aliphatic heterocycles. The lowest BCUT2D eigenvalue weighted by Gasteiger charge is -2.30. The van der Waals surface area contributed by atoms with Gasteiger partial charge in [0.05, 0.1) is 30.5 Å². The second-order valence-corrected chi connectivity index (χ2v) is 4.73. The molecule has 19 heavy (non-hydrogen) atoms. The number of anilines is 2. The van der Waals surface area contributed by atoms with E-state index in [-0.39, 0.29) is 6.04 Å². The number of hydrogen-bond acceptors (Lipinski definition) is 4. The van der Waals surface area contributed by atoms with E-state index >= 15 is 0 Å². The molecule has 0 fully saturated rings. The Labute approximate surface area is 115 Å². The van der Waals surface area contributed by atoms with Crippen LogP contribution in [0.3, 0.4) is 0 Å². The van der Waals surface area contributed by atoms with Gasteiger partial charge in [0.1, 0.15) is 5.75 Å². The quantitative estimate of drug-likeness (QED) is 0.766. The molecule has 0 unspecified atom stereocenters.